The Morgan fingerprint density at radius 3 is 2.93 bits per heavy atom. The minimum absolute atomic E-state index is 0.107. The maximum absolute atomic E-state index is 11.6. The van der Waals surface area contributed by atoms with Gasteiger partial charge in [0, 0.05) is 6.07 Å². The number of hydrogen-bond donors (Lipinski definition) is 1. The fraction of sp³-hybridized carbons (Fsp3) is 0.100. The fourth-order valence-corrected chi connectivity index (χ4v) is 1.37. The van der Waals surface area contributed by atoms with Crippen LogP contribution in [0.4, 0.5) is 5.88 Å². The third kappa shape index (κ3) is 1.21. The minimum atomic E-state index is -0.193. The molecule has 0 saturated heterocycles. The van der Waals surface area contributed by atoms with E-state index in [-0.39, 0.29) is 11.3 Å². The van der Waals surface area contributed by atoms with Gasteiger partial charge in [-0.1, -0.05) is 6.07 Å². The first-order valence-corrected chi connectivity index (χ1v) is 4.08. The summed E-state index contributed by atoms with van der Waals surface area (Å²) in [7, 11) is 1.50. The first-order chi connectivity index (χ1) is 6.72. The maximum Gasteiger partial charge on any atom is 0.198 e. The maximum atomic E-state index is 11.6. The van der Waals surface area contributed by atoms with Crippen LogP contribution in [-0.2, 0) is 0 Å². The molecule has 2 rings (SSSR count). The second kappa shape index (κ2) is 3.06. The summed E-state index contributed by atoms with van der Waals surface area (Å²) in [6.07, 6.45) is 0. The van der Waals surface area contributed by atoms with Crippen LogP contribution in [0.15, 0.2) is 33.5 Å². The third-order valence-corrected chi connectivity index (χ3v) is 1.96. The van der Waals surface area contributed by atoms with Gasteiger partial charge in [0.25, 0.3) is 0 Å². The summed E-state index contributed by atoms with van der Waals surface area (Å²) in [5, 5.41) is 0.421. The van der Waals surface area contributed by atoms with Gasteiger partial charge in [0.2, 0.25) is 0 Å². The number of anilines is 1. The molecule has 72 valence electrons. The molecule has 1 aromatic carbocycles. The molecule has 0 aliphatic heterocycles. The number of hydrogen-bond acceptors (Lipinski definition) is 4. The molecule has 0 amide bonds. The summed E-state index contributed by atoms with van der Waals surface area (Å²) in [5.41, 5.74) is 5.65. The molecule has 1 aromatic heterocycles. The molecule has 0 spiro atoms. The molecule has 14 heavy (non-hydrogen) atoms. The lowest BCUT2D eigenvalue weighted by atomic mass is 10.2. The average Bonchev–Trinajstić information content (AvgIpc) is 2.16. The molecule has 4 nitrogen and oxygen atoms in total. The van der Waals surface area contributed by atoms with Crippen molar-refractivity contribution >= 4 is 16.9 Å². The zero-order valence-electron chi connectivity index (χ0n) is 7.61. The smallest absolute Gasteiger partial charge is 0.198 e. The monoisotopic (exact) mass is 191 g/mol. The number of nitrogen functional groups attached to an aromatic ring is 1. The SMILES string of the molecule is COc1cccc2oc(N)cc(=O)c12. The van der Waals surface area contributed by atoms with Crippen molar-refractivity contribution in [2.75, 3.05) is 12.8 Å². The van der Waals surface area contributed by atoms with Crippen molar-refractivity contribution in [2.45, 2.75) is 0 Å². The van der Waals surface area contributed by atoms with Crippen LogP contribution in [0.5, 0.6) is 5.75 Å². The highest BCUT2D eigenvalue weighted by Crippen LogP contribution is 2.22. The molecule has 0 radical (unpaired) electrons. The molecule has 0 bridgehead atoms. The largest absolute Gasteiger partial charge is 0.496 e. The van der Waals surface area contributed by atoms with Gasteiger partial charge in [-0.05, 0) is 12.1 Å². The molecule has 0 aliphatic carbocycles. The van der Waals surface area contributed by atoms with Crippen LogP contribution in [0, 0.1) is 0 Å². The van der Waals surface area contributed by atoms with Gasteiger partial charge >= 0.3 is 0 Å². The first kappa shape index (κ1) is 8.62. The average molecular weight is 191 g/mol. The third-order valence-electron chi connectivity index (χ3n) is 1.96. The van der Waals surface area contributed by atoms with Crippen LogP contribution >= 0.6 is 0 Å². The zero-order chi connectivity index (χ0) is 10.1. The van der Waals surface area contributed by atoms with Gasteiger partial charge in [-0.25, -0.2) is 0 Å². The van der Waals surface area contributed by atoms with Crippen molar-refractivity contribution in [1.82, 2.24) is 0 Å². The number of methoxy groups -OCH3 is 1. The van der Waals surface area contributed by atoms with Gasteiger partial charge < -0.3 is 14.9 Å². The number of ether oxygens (including phenoxy) is 1. The molecule has 1 heterocycles. The van der Waals surface area contributed by atoms with Crippen LogP contribution in [0.3, 0.4) is 0 Å². The number of benzene rings is 1. The molecule has 0 aliphatic rings. The number of rotatable bonds is 1. The summed E-state index contributed by atoms with van der Waals surface area (Å²) in [6, 6.07) is 6.36. The molecule has 2 aromatic rings. The van der Waals surface area contributed by atoms with Crippen molar-refractivity contribution in [3.8, 4) is 5.75 Å². The highest BCUT2D eigenvalue weighted by Gasteiger charge is 2.07. The minimum Gasteiger partial charge on any atom is -0.496 e. The topological polar surface area (TPSA) is 65.5 Å². The Morgan fingerprint density at radius 1 is 1.43 bits per heavy atom. The van der Waals surface area contributed by atoms with E-state index in [1.54, 1.807) is 18.2 Å². The summed E-state index contributed by atoms with van der Waals surface area (Å²) in [6.45, 7) is 0. The molecule has 0 fully saturated rings. The van der Waals surface area contributed by atoms with E-state index in [1.165, 1.54) is 13.2 Å². The first-order valence-electron chi connectivity index (χ1n) is 4.08. The Kier molecular flexibility index (Phi) is 1.89. The van der Waals surface area contributed by atoms with E-state index in [4.69, 9.17) is 14.9 Å². The Hall–Kier alpha value is -1.97. The standard InChI is InChI=1S/C10H9NO3/c1-13-7-3-2-4-8-10(7)6(12)5-9(11)14-8/h2-5H,11H2,1H3. The summed E-state index contributed by atoms with van der Waals surface area (Å²) < 4.78 is 10.2. The molecule has 0 saturated carbocycles. The van der Waals surface area contributed by atoms with Gasteiger partial charge in [-0.15, -0.1) is 0 Å². The van der Waals surface area contributed by atoms with E-state index in [2.05, 4.69) is 0 Å². The van der Waals surface area contributed by atoms with Crippen LogP contribution in [0.25, 0.3) is 11.0 Å². The Morgan fingerprint density at radius 2 is 2.21 bits per heavy atom. The Labute approximate surface area is 79.9 Å². The van der Waals surface area contributed by atoms with Gasteiger partial charge in [0.05, 0.1) is 7.11 Å². The van der Waals surface area contributed by atoms with E-state index in [9.17, 15) is 4.79 Å². The summed E-state index contributed by atoms with van der Waals surface area (Å²) >= 11 is 0. The van der Waals surface area contributed by atoms with Crippen molar-refractivity contribution < 1.29 is 9.15 Å². The van der Waals surface area contributed by atoms with Gasteiger partial charge in [0.1, 0.15) is 16.7 Å². The predicted octanol–water partition coefficient (Wildman–Crippen LogP) is 1.38. The summed E-state index contributed by atoms with van der Waals surface area (Å²) in [4.78, 5) is 11.6. The van der Waals surface area contributed by atoms with E-state index < -0.39 is 0 Å². The van der Waals surface area contributed by atoms with Crippen molar-refractivity contribution in [2.24, 2.45) is 0 Å². The lowest BCUT2D eigenvalue weighted by molar-refractivity contribution is 0.419. The highest BCUT2D eigenvalue weighted by atomic mass is 16.5. The predicted molar refractivity (Wildman–Crippen MR) is 53.4 cm³/mol. The van der Waals surface area contributed by atoms with Crippen molar-refractivity contribution in [3.63, 3.8) is 0 Å². The number of fused-ring (bicyclic) bond motifs is 1. The van der Waals surface area contributed by atoms with Crippen LogP contribution in [0.2, 0.25) is 0 Å². The second-order valence-corrected chi connectivity index (χ2v) is 2.85. The van der Waals surface area contributed by atoms with Crippen molar-refractivity contribution in [3.05, 3.63) is 34.5 Å². The molecule has 0 unspecified atom stereocenters. The van der Waals surface area contributed by atoms with E-state index in [1.807, 2.05) is 0 Å². The normalized spacial score (nSPS) is 10.4. The van der Waals surface area contributed by atoms with Gasteiger partial charge in [-0.2, -0.15) is 0 Å². The lowest BCUT2D eigenvalue weighted by Crippen LogP contribution is -2.03. The summed E-state index contributed by atoms with van der Waals surface area (Å²) in [5.74, 6) is 0.604. The molecule has 2 N–H and O–H groups in total. The lowest BCUT2D eigenvalue weighted by Gasteiger charge is -2.03. The van der Waals surface area contributed by atoms with Gasteiger partial charge in [0.15, 0.2) is 11.3 Å². The Bertz CT molecular complexity index is 530. The molecular weight excluding hydrogens is 182 g/mol. The molecule has 0 atom stereocenters. The van der Waals surface area contributed by atoms with Gasteiger partial charge in [-0.3, -0.25) is 4.79 Å². The van der Waals surface area contributed by atoms with Crippen molar-refractivity contribution in [1.29, 1.82) is 0 Å². The van der Waals surface area contributed by atoms with Crippen LogP contribution in [-0.4, -0.2) is 7.11 Å². The van der Waals surface area contributed by atoms with Crippen LogP contribution < -0.4 is 15.9 Å². The quantitative estimate of drug-likeness (QED) is 0.739. The van der Waals surface area contributed by atoms with E-state index in [0.717, 1.165) is 0 Å². The van der Waals surface area contributed by atoms with E-state index >= 15 is 0 Å². The second-order valence-electron chi connectivity index (χ2n) is 2.85. The highest BCUT2D eigenvalue weighted by molar-refractivity contribution is 5.83. The Balaban J connectivity index is 2.94. The van der Waals surface area contributed by atoms with E-state index in [0.29, 0.717) is 16.7 Å². The molecule has 4 heteroatoms. The zero-order valence-corrected chi connectivity index (χ0v) is 7.61. The number of nitrogens with two attached hydrogens (primary N) is 1. The fourth-order valence-electron chi connectivity index (χ4n) is 1.37. The van der Waals surface area contributed by atoms with Crippen LogP contribution in [0.1, 0.15) is 0 Å². The molecular formula is C10H9NO3.